The van der Waals surface area contributed by atoms with E-state index in [-0.39, 0.29) is 11.4 Å². The summed E-state index contributed by atoms with van der Waals surface area (Å²) in [6, 6.07) is 5.96. The van der Waals surface area contributed by atoms with Crippen LogP contribution in [-0.2, 0) is 4.79 Å². The Morgan fingerprint density at radius 3 is 2.61 bits per heavy atom. The second-order valence-corrected chi connectivity index (χ2v) is 5.96. The molecule has 1 aromatic carbocycles. The molecule has 0 aromatic heterocycles. The molecule has 1 amide bonds. The molecule has 0 aliphatic heterocycles. The Kier molecular flexibility index (Phi) is 5.20. The van der Waals surface area contributed by atoms with E-state index in [1.54, 1.807) is 0 Å². The molecule has 0 aliphatic carbocycles. The van der Waals surface area contributed by atoms with Gasteiger partial charge in [0.15, 0.2) is 0 Å². The van der Waals surface area contributed by atoms with Crippen molar-refractivity contribution in [3.05, 3.63) is 28.2 Å². The molecule has 100 valence electrons. The Bertz CT molecular complexity index is 430. The minimum atomic E-state index is -0.146. The summed E-state index contributed by atoms with van der Waals surface area (Å²) in [6.45, 7) is 8.43. The molecular weight excluding hydrogens is 292 g/mol. The number of hydrogen-bond acceptors (Lipinski definition) is 2. The van der Waals surface area contributed by atoms with E-state index < -0.39 is 0 Å². The van der Waals surface area contributed by atoms with Crippen molar-refractivity contribution in [3.63, 3.8) is 0 Å². The van der Waals surface area contributed by atoms with Crippen LogP contribution < -0.4 is 10.6 Å². The first kappa shape index (κ1) is 15.0. The molecule has 3 nitrogen and oxygen atoms in total. The number of carbonyl (C=O) groups excluding carboxylic acids is 1. The van der Waals surface area contributed by atoms with Crippen molar-refractivity contribution in [1.29, 1.82) is 0 Å². The minimum Gasteiger partial charge on any atom is -0.376 e. The van der Waals surface area contributed by atoms with E-state index in [1.165, 1.54) is 5.56 Å². The van der Waals surface area contributed by atoms with Gasteiger partial charge in [-0.1, -0.05) is 28.9 Å². The number of halogens is 1. The Morgan fingerprint density at radius 1 is 1.39 bits per heavy atom. The number of benzene rings is 1. The Morgan fingerprint density at radius 2 is 2.06 bits per heavy atom. The van der Waals surface area contributed by atoms with Crippen LogP contribution in [0, 0.1) is 6.92 Å². The second kappa shape index (κ2) is 6.23. The molecule has 0 unspecified atom stereocenters. The van der Waals surface area contributed by atoms with Crippen LogP contribution in [0.5, 0.6) is 0 Å². The molecule has 0 atom stereocenters. The van der Waals surface area contributed by atoms with Crippen LogP contribution in [0.1, 0.15) is 32.8 Å². The third-order valence-corrected chi connectivity index (χ3v) is 3.84. The van der Waals surface area contributed by atoms with Crippen molar-refractivity contribution >= 4 is 27.5 Å². The van der Waals surface area contributed by atoms with Crippen molar-refractivity contribution in [2.24, 2.45) is 0 Å². The van der Waals surface area contributed by atoms with E-state index in [2.05, 4.69) is 33.5 Å². The maximum Gasteiger partial charge on any atom is 0.239 e. The van der Waals surface area contributed by atoms with Crippen molar-refractivity contribution in [3.8, 4) is 0 Å². The fraction of sp³-hybridized carbons (Fsp3) is 0.500. The molecule has 0 saturated carbocycles. The number of aryl methyl sites for hydroxylation is 1. The van der Waals surface area contributed by atoms with Crippen molar-refractivity contribution in [2.45, 2.75) is 39.7 Å². The highest BCUT2D eigenvalue weighted by Crippen LogP contribution is 2.20. The zero-order valence-electron chi connectivity index (χ0n) is 11.4. The molecule has 0 radical (unpaired) electrons. The zero-order chi connectivity index (χ0) is 13.8. The number of anilines is 1. The highest BCUT2D eigenvalue weighted by atomic mass is 79.9. The van der Waals surface area contributed by atoms with Gasteiger partial charge in [0.2, 0.25) is 5.91 Å². The summed E-state index contributed by atoms with van der Waals surface area (Å²) in [7, 11) is 0. The van der Waals surface area contributed by atoms with Crippen LogP contribution in [-0.4, -0.2) is 18.0 Å². The monoisotopic (exact) mass is 312 g/mol. The summed E-state index contributed by atoms with van der Waals surface area (Å²) in [6.07, 6.45) is 0.912. The number of carbonyl (C=O) groups is 1. The summed E-state index contributed by atoms with van der Waals surface area (Å²) in [4.78, 5) is 11.8. The molecule has 0 bridgehead atoms. The van der Waals surface area contributed by atoms with Gasteiger partial charge in [0.05, 0.1) is 6.54 Å². The maximum absolute atomic E-state index is 11.8. The van der Waals surface area contributed by atoms with E-state index >= 15 is 0 Å². The van der Waals surface area contributed by atoms with Gasteiger partial charge in [0.25, 0.3) is 0 Å². The fourth-order valence-corrected chi connectivity index (χ4v) is 1.77. The standard InChI is InChI=1S/C14H21BrN2O/c1-5-14(3,4)17-13(18)9-16-11-7-6-10(2)12(15)8-11/h6-8,16H,5,9H2,1-4H3,(H,17,18). The van der Waals surface area contributed by atoms with Gasteiger partial charge in [-0.25, -0.2) is 0 Å². The molecular formula is C14H21BrN2O. The summed E-state index contributed by atoms with van der Waals surface area (Å²) >= 11 is 3.47. The lowest BCUT2D eigenvalue weighted by Gasteiger charge is -2.24. The van der Waals surface area contributed by atoms with E-state index in [1.807, 2.05) is 39.0 Å². The molecule has 2 N–H and O–H groups in total. The van der Waals surface area contributed by atoms with Crippen LogP contribution in [0.15, 0.2) is 22.7 Å². The molecule has 0 aliphatic rings. The lowest BCUT2D eigenvalue weighted by Crippen LogP contribution is -2.45. The Labute approximate surface area is 117 Å². The quantitative estimate of drug-likeness (QED) is 0.874. The molecule has 1 aromatic rings. The Hall–Kier alpha value is -1.03. The average molecular weight is 313 g/mol. The summed E-state index contributed by atoms with van der Waals surface area (Å²) < 4.78 is 1.04. The molecule has 0 saturated heterocycles. The summed E-state index contributed by atoms with van der Waals surface area (Å²) in [5, 5.41) is 6.11. The average Bonchev–Trinajstić information content (AvgIpc) is 2.30. The number of hydrogen-bond donors (Lipinski definition) is 2. The van der Waals surface area contributed by atoms with Gasteiger partial charge in [-0.2, -0.15) is 0 Å². The SMILES string of the molecule is CCC(C)(C)NC(=O)CNc1ccc(C)c(Br)c1. The molecule has 1 rings (SSSR count). The van der Waals surface area contributed by atoms with Crippen molar-refractivity contribution in [1.82, 2.24) is 5.32 Å². The molecule has 0 spiro atoms. The molecule has 0 fully saturated rings. The number of nitrogens with one attached hydrogen (secondary N) is 2. The lowest BCUT2D eigenvalue weighted by molar-refractivity contribution is -0.121. The largest absolute Gasteiger partial charge is 0.376 e. The van der Waals surface area contributed by atoms with E-state index in [0.29, 0.717) is 6.54 Å². The van der Waals surface area contributed by atoms with Gasteiger partial charge < -0.3 is 10.6 Å². The number of rotatable bonds is 5. The normalized spacial score (nSPS) is 11.2. The molecule has 18 heavy (non-hydrogen) atoms. The maximum atomic E-state index is 11.8. The van der Waals surface area contributed by atoms with Gasteiger partial charge in [0.1, 0.15) is 0 Å². The van der Waals surface area contributed by atoms with E-state index in [0.717, 1.165) is 16.6 Å². The first-order valence-corrected chi connectivity index (χ1v) is 6.94. The minimum absolute atomic E-state index is 0.0125. The predicted octanol–water partition coefficient (Wildman–Crippen LogP) is 3.47. The summed E-state index contributed by atoms with van der Waals surface area (Å²) in [5.41, 5.74) is 1.97. The number of amides is 1. The van der Waals surface area contributed by atoms with Gasteiger partial charge in [0, 0.05) is 15.7 Å². The predicted molar refractivity (Wildman–Crippen MR) is 79.9 cm³/mol. The summed E-state index contributed by atoms with van der Waals surface area (Å²) in [5.74, 6) is 0.0125. The highest BCUT2D eigenvalue weighted by Gasteiger charge is 2.17. The first-order valence-electron chi connectivity index (χ1n) is 6.15. The molecule has 4 heteroatoms. The second-order valence-electron chi connectivity index (χ2n) is 5.10. The smallest absolute Gasteiger partial charge is 0.239 e. The highest BCUT2D eigenvalue weighted by molar-refractivity contribution is 9.10. The van der Waals surface area contributed by atoms with Gasteiger partial charge in [-0.05, 0) is 44.9 Å². The van der Waals surface area contributed by atoms with Crippen LogP contribution in [0.2, 0.25) is 0 Å². The van der Waals surface area contributed by atoms with Crippen LogP contribution >= 0.6 is 15.9 Å². The van der Waals surface area contributed by atoms with E-state index in [4.69, 9.17) is 0 Å². The zero-order valence-corrected chi connectivity index (χ0v) is 13.0. The van der Waals surface area contributed by atoms with E-state index in [9.17, 15) is 4.79 Å². The van der Waals surface area contributed by atoms with Crippen LogP contribution in [0.25, 0.3) is 0 Å². The topological polar surface area (TPSA) is 41.1 Å². The fourth-order valence-electron chi connectivity index (χ4n) is 1.40. The van der Waals surface area contributed by atoms with Gasteiger partial charge >= 0.3 is 0 Å². The third-order valence-electron chi connectivity index (χ3n) is 2.99. The molecule has 0 heterocycles. The van der Waals surface area contributed by atoms with Crippen molar-refractivity contribution in [2.75, 3.05) is 11.9 Å². The Balaban J connectivity index is 2.50. The van der Waals surface area contributed by atoms with Gasteiger partial charge in [-0.15, -0.1) is 0 Å². The first-order chi connectivity index (χ1) is 8.34. The van der Waals surface area contributed by atoms with Crippen LogP contribution in [0.4, 0.5) is 5.69 Å². The lowest BCUT2D eigenvalue weighted by atomic mass is 10.0. The third kappa shape index (κ3) is 4.69. The van der Waals surface area contributed by atoms with Crippen LogP contribution in [0.3, 0.4) is 0 Å². The van der Waals surface area contributed by atoms with Crippen molar-refractivity contribution < 1.29 is 4.79 Å². The van der Waals surface area contributed by atoms with Gasteiger partial charge in [-0.3, -0.25) is 4.79 Å².